The van der Waals surface area contributed by atoms with Gasteiger partial charge in [-0.2, -0.15) is 9.78 Å². The molecule has 1 heterocycles. The lowest BCUT2D eigenvalue weighted by atomic mass is 9.96. The Labute approximate surface area is 278 Å². The largest absolute Gasteiger partial charge is 0.496 e. The predicted octanol–water partition coefficient (Wildman–Crippen LogP) is 9.01. The number of benzene rings is 4. The van der Waals surface area contributed by atoms with Gasteiger partial charge in [-0.15, -0.1) is 6.58 Å². The van der Waals surface area contributed by atoms with Crippen molar-refractivity contribution in [2.24, 2.45) is 5.10 Å². The van der Waals surface area contributed by atoms with E-state index in [0.29, 0.717) is 50.3 Å². The van der Waals surface area contributed by atoms with Gasteiger partial charge in [-0.05, 0) is 90.0 Å². The fourth-order valence-electron chi connectivity index (χ4n) is 5.26. The Hall–Kier alpha value is -4.59. The van der Waals surface area contributed by atoms with Gasteiger partial charge in [0.15, 0.2) is 17.3 Å². The van der Waals surface area contributed by atoms with Crippen LogP contribution >= 0.6 is 23.2 Å². The van der Waals surface area contributed by atoms with E-state index in [1.165, 1.54) is 4.68 Å². The highest BCUT2D eigenvalue weighted by atomic mass is 35.5. The number of fused-ring (bicyclic) bond motifs is 1. The molecule has 5 aromatic rings. The van der Waals surface area contributed by atoms with Crippen LogP contribution in [0.5, 0.6) is 17.2 Å². The second kappa shape index (κ2) is 14.2. The maximum atomic E-state index is 13.9. The summed E-state index contributed by atoms with van der Waals surface area (Å²) in [7, 11) is 3.24. The van der Waals surface area contributed by atoms with Crippen molar-refractivity contribution >= 4 is 40.3 Å². The Morgan fingerprint density at radius 1 is 0.978 bits per heavy atom. The molecule has 46 heavy (non-hydrogen) atoms. The number of aromatic nitrogens is 2. The lowest BCUT2D eigenvalue weighted by molar-refractivity contribution is 0.282. The molecule has 0 spiro atoms. The second-order valence-corrected chi connectivity index (χ2v) is 11.9. The second-order valence-electron chi connectivity index (χ2n) is 11.1. The molecule has 9 heteroatoms. The maximum absolute atomic E-state index is 13.9. The molecule has 0 aliphatic rings. The Morgan fingerprint density at radius 2 is 1.74 bits per heavy atom. The molecule has 0 amide bonds. The molecule has 1 aromatic heterocycles. The van der Waals surface area contributed by atoms with Crippen LogP contribution in [-0.4, -0.2) is 30.1 Å². The predicted molar refractivity (Wildman–Crippen MR) is 187 cm³/mol. The maximum Gasteiger partial charge on any atom is 0.282 e. The first-order valence-corrected chi connectivity index (χ1v) is 15.5. The van der Waals surface area contributed by atoms with Crippen molar-refractivity contribution in [2.45, 2.75) is 39.7 Å². The topological polar surface area (TPSA) is 74.9 Å². The molecule has 0 saturated heterocycles. The van der Waals surface area contributed by atoms with Crippen LogP contribution in [0.15, 0.2) is 89.3 Å². The average molecular weight is 657 g/mol. The van der Waals surface area contributed by atoms with Crippen molar-refractivity contribution in [1.82, 2.24) is 9.66 Å². The first kappa shape index (κ1) is 32.8. The zero-order valence-electron chi connectivity index (χ0n) is 26.4. The van der Waals surface area contributed by atoms with Gasteiger partial charge in [0.2, 0.25) is 0 Å². The standard InChI is InChI=1S/C37H35Cl2N3O4/c1-7-10-26-16-25(18-34(45-6)35(26)46-21-24-13-14-30(38)31(39)17-24)20-40-42-36(41-32-12-9-8-11-27(32)37(42)43)29-19-28(22(2)3)33(44-5)15-23(29)4/h7-9,11-20,22H,1,10,21H2,2-6H3. The van der Waals surface area contributed by atoms with Gasteiger partial charge < -0.3 is 14.2 Å². The first-order chi connectivity index (χ1) is 22.1. The Bertz CT molecular complexity index is 2020. The van der Waals surface area contributed by atoms with E-state index in [0.717, 1.165) is 33.6 Å². The number of rotatable bonds is 11. The van der Waals surface area contributed by atoms with Crippen LogP contribution in [0.25, 0.3) is 22.3 Å². The number of para-hydroxylation sites is 1. The van der Waals surface area contributed by atoms with Crippen molar-refractivity contribution in [3.63, 3.8) is 0 Å². The van der Waals surface area contributed by atoms with E-state index in [2.05, 4.69) is 20.4 Å². The molecule has 4 aromatic carbocycles. The number of allylic oxidation sites excluding steroid dienone is 1. The molecule has 0 unspecified atom stereocenters. The molecule has 0 radical (unpaired) electrons. The Morgan fingerprint density at radius 3 is 2.43 bits per heavy atom. The normalized spacial score (nSPS) is 11.4. The number of halogens is 2. The zero-order valence-corrected chi connectivity index (χ0v) is 27.9. The summed E-state index contributed by atoms with van der Waals surface area (Å²) in [4.78, 5) is 18.8. The van der Waals surface area contributed by atoms with E-state index in [-0.39, 0.29) is 18.1 Å². The van der Waals surface area contributed by atoms with E-state index in [1.807, 2.05) is 55.5 Å². The highest BCUT2D eigenvalue weighted by molar-refractivity contribution is 6.42. The van der Waals surface area contributed by atoms with Crippen LogP contribution in [0, 0.1) is 6.92 Å². The third-order valence-corrected chi connectivity index (χ3v) is 8.36. The summed E-state index contributed by atoms with van der Waals surface area (Å²) in [5, 5.41) is 6.11. The van der Waals surface area contributed by atoms with Crippen molar-refractivity contribution in [1.29, 1.82) is 0 Å². The molecule has 7 nitrogen and oxygen atoms in total. The third-order valence-electron chi connectivity index (χ3n) is 7.62. The van der Waals surface area contributed by atoms with Crippen molar-refractivity contribution in [3.05, 3.63) is 128 Å². The molecular formula is C37H35Cl2N3O4. The minimum Gasteiger partial charge on any atom is -0.496 e. The molecule has 0 fully saturated rings. The highest BCUT2D eigenvalue weighted by Crippen LogP contribution is 2.36. The van der Waals surface area contributed by atoms with Gasteiger partial charge in [-0.3, -0.25) is 4.79 Å². The van der Waals surface area contributed by atoms with E-state index in [4.69, 9.17) is 47.5 Å². The number of methoxy groups -OCH3 is 2. The van der Waals surface area contributed by atoms with Crippen LogP contribution in [0.4, 0.5) is 0 Å². The van der Waals surface area contributed by atoms with Gasteiger partial charge in [0, 0.05) is 11.1 Å². The van der Waals surface area contributed by atoms with Crippen LogP contribution in [0.2, 0.25) is 10.0 Å². The minimum atomic E-state index is -0.280. The molecule has 0 atom stereocenters. The van der Waals surface area contributed by atoms with Gasteiger partial charge in [-0.25, -0.2) is 4.98 Å². The molecule has 0 aliphatic heterocycles. The van der Waals surface area contributed by atoms with Gasteiger partial charge in [-0.1, -0.05) is 61.3 Å². The molecule has 236 valence electrons. The van der Waals surface area contributed by atoms with Crippen LogP contribution in [0.1, 0.15) is 47.6 Å². The van der Waals surface area contributed by atoms with Gasteiger partial charge >= 0.3 is 0 Å². The van der Waals surface area contributed by atoms with Crippen LogP contribution in [-0.2, 0) is 13.0 Å². The molecule has 0 saturated carbocycles. The number of hydrogen-bond acceptors (Lipinski definition) is 6. The average Bonchev–Trinajstić information content (AvgIpc) is 3.04. The van der Waals surface area contributed by atoms with Crippen molar-refractivity contribution in [3.8, 4) is 28.6 Å². The summed E-state index contributed by atoms with van der Waals surface area (Å²) in [6, 6.07) is 20.4. The summed E-state index contributed by atoms with van der Waals surface area (Å²) < 4.78 is 19.0. The Kier molecular flexibility index (Phi) is 10.1. The monoisotopic (exact) mass is 655 g/mol. The van der Waals surface area contributed by atoms with Crippen LogP contribution < -0.4 is 19.8 Å². The lowest BCUT2D eigenvalue weighted by Gasteiger charge is -2.18. The molecule has 0 aliphatic carbocycles. The smallest absolute Gasteiger partial charge is 0.282 e. The fourth-order valence-corrected chi connectivity index (χ4v) is 5.58. The van der Waals surface area contributed by atoms with Gasteiger partial charge in [0.05, 0.1) is 41.4 Å². The summed E-state index contributed by atoms with van der Waals surface area (Å²) in [5.41, 5.74) is 5.43. The van der Waals surface area contributed by atoms with Crippen LogP contribution in [0.3, 0.4) is 0 Å². The van der Waals surface area contributed by atoms with E-state index >= 15 is 0 Å². The van der Waals surface area contributed by atoms with E-state index < -0.39 is 0 Å². The molecule has 0 bridgehead atoms. The van der Waals surface area contributed by atoms with Gasteiger partial charge in [0.1, 0.15) is 12.4 Å². The number of ether oxygens (including phenoxy) is 3. The third kappa shape index (κ3) is 6.81. The first-order valence-electron chi connectivity index (χ1n) is 14.8. The fraction of sp³-hybridized carbons (Fsp3) is 0.216. The lowest BCUT2D eigenvalue weighted by Crippen LogP contribution is -2.21. The molecule has 0 N–H and O–H groups in total. The quantitative estimate of drug-likeness (QED) is 0.105. The Balaban J connectivity index is 1.61. The summed E-state index contributed by atoms with van der Waals surface area (Å²) in [5.74, 6) is 2.50. The number of nitrogens with zero attached hydrogens (tertiary/aromatic N) is 3. The summed E-state index contributed by atoms with van der Waals surface area (Å²) >= 11 is 12.3. The zero-order chi connectivity index (χ0) is 33.0. The number of aryl methyl sites for hydroxylation is 1. The molecular weight excluding hydrogens is 621 g/mol. The van der Waals surface area contributed by atoms with E-state index in [9.17, 15) is 4.79 Å². The SMILES string of the molecule is C=CCc1cc(C=Nn2c(-c3cc(C(C)C)c(OC)cc3C)nc3ccccc3c2=O)cc(OC)c1OCc1ccc(Cl)c(Cl)c1. The number of hydrogen-bond donors (Lipinski definition) is 0. The summed E-state index contributed by atoms with van der Waals surface area (Å²) in [6.07, 6.45) is 3.93. The molecule has 5 rings (SSSR count). The van der Waals surface area contributed by atoms with Gasteiger partial charge in [0.25, 0.3) is 5.56 Å². The van der Waals surface area contributed by atoms with E-state index in [1.54, 1.807) is 44.7 Å². The summed E-state index contributed by atoms with van der Waals surface area (Å²) in [6.45, 7) is 10.3. The van der Waals surface area contributed by atoms with Crippen molar-refractivity contribution in [2.75, 3.05) is 14.2 Å². The highest BCUT2D eigenvalue weighted by Gasteiger charge is 2.19. The van der Waals surface area contributed by atoms with Crippen molar-refractivity contribution < 1.29 is 14.2 Å². The minimum absolute atomic E-state index is 0.187.